The zero-order valence-corrected chi connectivity index (χ0v) is 12.6. The van der Waals surface area contributed by atoms with Gasteiger partial charge in [-0.3, -0.25) is 10.1 Å². The first kappa shape index (κ1) is 15.3. The number of hydrogen-bond acceptors (Lipinski definition) is 7. The summed E-state index contributed by atoms with van der Waals surface area (Å²) in [6, 6.07) is 7.51. The van der Waals surface area contributed by atoms with Crippen LogP contribution in [0.15, 0.2) is 39.4 Å². The van der Waals surface area contributed by atoms with E-state index in [-0.39, 0.29) is 22.9 Å². The van der Waals surface area contributed by atoms with Gasteiger partial charge in [-0.25, -0.2) is 4.79 Å². The van der Waals surface area contributed by atoms with Crippen LogP contribution in [-0.4, -0.2) is 22.6 Å². The van der Waals surface area contributed by atoms with Gasteiger partial charge in [0.2, 0.25) is 0 Å². The number of thiophene rings is 1. The van der Waals surface area contributed by atoms with Crippen LogP contribution in [0.3, 0.4) is 0 Å². The van der Waals surface area contributed by atoms with Crippen LogP contribution in [0.25, 0.3) is 0 Å². The van der Waals surface area contributed by atoms with Gasteiger partial charge in [0.25, 0.3) is 5.69 Å². The number of rotatable bonds is 5. The standard InChI is InChI=1S/C13H11NO5S2/c1-2-19-12(16)11-7-10(14(17)18)13(21-11)20-9-5-3-8(15)4-6-9/h3-7,15H,2H2,1H3. The Morgan fingerprint density at radius 2 is 2.10 bits per heavy atom. The van der Waals surface area contributed by atoms with Crippen LogP contribution >= 0.6 is 23.1 Å². The van der Waals surface area contributed by atoms with Crippen molar-refractivity contribution < 1.29 is 19.6 Å². The van der Waals surface area contributed by atoms with Gasteiger partial charge < -0.3 is 9.84 Å². The monoisotopic (exact) mass is 325 g/mol. The largest absolute Gasteiger partial charge is 0.508 e. The van der Waals surface area contributed by atoms with E-state index < -0.39 is 10.9 Å². The molecule has 0 atom stereocenters. The Morgan fingerprint density at radius 3 is 2.67 bits per heavy atom. The average Bonchev–Trinajstić information content (AvgIpc) is 2.86. The van der Waals surface area contributed by atoms with E-state index in [2.05, 4.69) is 0 Å². The minimum Gasteiger partial charge on any atom is -0.508 e. The van der Waals surface area contributed by atoms with Crippen LogP contribution in [0, 0.1) is 10.1 Å². The zero-order chi connectivity index (χ0) is 15.4. The maximum absolute atomic E-state index is 11.7. The second-order valence-electron chi connectivity index (χ2n) is 3.86. The molecule has 0 amide bonds. The van der Waals surface area contributed by atoms with E-state index in [0.29, 0.717) is 4.21 Å². The van der Waals surface area contributed by atoms with Gasteiger partial charge in [-0.2, -0.15) is 0 Å². The fourth-order valence-electron chi connectivity index (χ4n) is 1.49. The molecule has 2 aromatic rings. The summed E-state index contributed by atoms with van der Waals surface area (Å²) in [5.41, 5.74) is -0.124. The minimum atomic E-state index is -0.567. The molecule has 110 valence electrons. The second-order valence-corrected chi connectivity index (χ2v) is 6.25. The first-order valence-electron chi connectivity index (χ1n) is 5.93. The van der Waals surface area contributed by atoms with Crippen LogP contribution < -0.4 is 0 Å². The Bertz CT molecular complexity index is 666. The molecule has 0 aliphatic heterocycles. The summed E-state index contributed by atoms with van der Waals surface area (Å²) in [6.07, 6.45) is 0. The lowest BCUT2D eigenvalue weighted by molar-refractivity contribution is -0.387. The molecule has 21 heavy (non-hydrogen) atoms. The Kier molecular flexibility index (Phi) is 4.81. The molecule has 0 aliphatic rings. The van der Waals surface area contributed by atoms with Gasteiger partial charge >= 0.3 is 5.97 Å². The summed E-state index contributed by atoms with van der Waals surface area (Å²) in [7, 11) is 0. The lowest BCUT2D eigenvalue weighted by Crippen LogP contribution is -2.01. The van der Waals surface area contributed by atoms with Gasteiger partial charge in [-0.05, 0) is 31.2 Å². The highest BCUT2D eigenvalue weighted by atomic mass is 32.2. The van der Waals surface area contributed by atoms with E-state index in [1.807, 2.05) is 0 Å². The molecule has 0 spiro atoms. The molecule has 1 N–H and O–H groups in total. The maximum Gasteiger partial charge on any atom is 0.348 e. The van der Waals surface area contributed by atoms with Gasteiger partial charge in [0, 0.05) is 11.0 Å². The SMILES string of the molecule is CCOC(=O)c1cc([N+](=O)[O-])c(Sc2ccc(O)cc2)s1. The van der Waals surface area contributed by atoms with Crippen LogP contribution in [0.2, 0.25) is 0 Å². The fourth-order valence-corrected chi connectivity index (χ4v) is 3.69. The van der Waals surface area contributed by atoms with Crippen molar-refractivity contribution in [1.82, 2.24) is 0 Å². The Balaban J connectivity index is 2.30. The molecule has 0 unspecified atom stereocenters. The summed E-state index contributed by atoms with van der Waals surface area (Å²) in [5, 5.41) is 20.3. The number of nitro groups is 1. The van der Waals surface area contributed by atoms with E-state index in [0.717, 1.165) is 16.2 Å². The van der Waals surface area contributed by atoms with Crippen molar-refractivity contribution in [3.05, 3.63) is 45.3 Å². The third-order valence-corrected chi connectivity index (χ3v) is 4.70. The van der Waals surface area contributed by atoms with E-state index in [4.69, 9.17) is 4.74 Å². The molecule has 0 fully saturated rings. The smallest absolute Gasteiger partial charge is 0.348 e. The van der Waals surface area contributed by atoms with Crippen molar-refractivity contribution in [2.24, 2.45) is 0 Å². The van der Waals surface area contributed by atoms with Crippen LogP contribution in [-0.2, 0) is 4.74 Å². The molecule has 0 radical (unpaired) electrons. The molecular formula is C13H11NO5S2. The highest BCUT2D eigenvalue weighted by molar-refractivity contribution is 8.01. The van der Waals surface area contributed by atoms with Crippen LogP contribution in [0.5, 0.6) is 5.75 Å². The zero-order valence-electron chi connectivity index (χ0n) is 10.9. The molecule has 0 bridgehead atoms. The maximum atomic E-state index is 11.7. The van der Waals surface area contributed by atoms with Crippen LogP contribution in [0.4, 0.5) is 5.69 Å². The number of carbonyl (C=O) groups is 1. The molecule has 0 saturated heterocycles. The van der Waals surface area contributed by atoms with Gasteiger partial charge in [-0.15, -0.1) is 11.3 Å². The Labute approximate surface area is 128 Å². The molecule has 0 aliphatic carbocycles. The molecule has 1 aromatic carbocycles. The van der Waals surface area contributed by atoms with Crippen molar-refractivity contribution in [2.45, 2.75) is 16.0 Å². The van der Waals surface area contributed by atoms with Crippen molar-refractivity contribution in [3.63, 3.8) is 0 Å². The number of nitrogens with zero attached hydrogens (tertiary/aromatic N) is 1. The third kappa shape index (κ3) is 3.73. The van der Waals surface area contributed by atoms with E-state index in [1.54, 1.807) is 19.1 Å². The number of esters is 1. The second kappa shape index (κ2) is 6.59. The van der Waals surface area contributed by atoms with Gasteiger partial charge in [0.05, 0.1) is 11.5 Å². The summed E-state index contributed by atoms with van der Waals surface area (Å²) in [4.78, 5) is 23.1. The van der Waals surface area contributed by atoms with Gasteiger partial charge in [-0.1, -0.05) is 11.8 Å². The van der Waals surface area contributed by atoms with Gasteiger partial charge in [0.1, 0.15) is 14.8 Å². The van der Waals surface area contributed by atoms with Gasteiger partial charge in [0.15, 0.2) is 0 Å². The molecular weight excluding hydrogens is 314 g/mol. The molecule has 0 saturated carbocycles. The number of aromatic hydroxyl groups is 1. The normalized spacial score (nSPS) is 10.3. The summed E-state index contributed by atoms with van der Waals surface area (Å²) in [6.45, 7) is 1.89. The molecule has 1 aromatic heterocycles. The van der Waals surface area contributed by atoms with Crippen molar-refractivity contribution in [1.29, 1.82) is 0 Å². The molecule has 2 rings (SSSR count). The third-order valence-electron chi connectivity index (χ3n) is 2.40. The quantitative estimate of drug-likeness (QED) is 0.512. The summed E-state index contributed by atoms with van der Waals surface area (Å²) in [5.74, 6) is -0.449. The molecule has 8 heteroatoms. The predicted octanol–water partition coefficient (Wildman–Crippen LogP) is 3.69. The lowest BCUT2D eigenvalue weighted by atomic mass is 10.3. The fraction of sp³-hybridized carbons (Fsp3) is 0.154. The number of phenolic OH excluding ortho intramolecular Hbond substituents is 1. The van der Waals surface area contributed by atoms with Crippen LogP contribution in [0.1, 0.15) is 16.6 Å². The van der Waals surface area contributed by atoms with Crippen molar-refractivity contribution in [2.75, 3.05) is 6.61 Å². The minimum absolute atomic E-state index is 0.118. The molecule has 1 heterocycles. The highest BCUT2D eigenvalue weighted by Gasteiger charge is 2.23. The summed E-state index contributed by atoms with van der Waals surface area (Å²) >= 11 is 2.18. The number of benzene rings is 1. The number of carbonyl (C=O) groups excluding carboxylic acids is 1. The highest BCUT2D eigenvalue weighted by Crippen LogP contribution is 2.41. The first-order chi connectivity index (χ1) is 10.0. The average molecular weight is 325 g/mol. The van der Waals surface area contributed by atoms with E-state index in [9.17, 15) is 20.0 Å². The van der Waals surface area contributed by atoms with Crippen molar-refractivity contribution >= 4 is 34.8 Å². The van der Waals surface area contributed by atoms with E-state index in [1.165, 1.54) is 30.0 Å². The predicted molar refractivity (Wildman–Crippen MR) is 79.2 cm³/mol. The van der Waals surface area contributed by atoms with E-state index >= 15 is 0 Å². The lowest BCUT2D eigenvalue weighted by Gasteiger charge is -1.99. The Morgan fingerprint density at radius 1 is 1.43 bits per heavy atom. The first-order valence-corrected chi connectivity index (χ1v) is 7.56. The topological polar surface area (TPSA) is 89.7 Å². The summed E-state index contributed by atoms with van der Waals surface area (Å²) < 4.78 is 5.25. The number of phenols is 1. The Hall–Kier alpha value is -2.06. The molecule has 6 nitrogen and oxygen atoms in total. The van der Waals surface area contributed by atoms with Crippen molar-refractivity contribution in [3.8, 4) is 5.75 Å². The number of ether oxygens (including phenoxy) is 1. The number of hydrogen-bond donors (Lipinski definition) is 1.